The molecule has 3 heterocycles. The molecule has 0 bridgehead atoms. The molecule has 0 saturated heterocycles. The molecule has 20 heteroatoms. The van der Waals surface area contributed by atoms with Crippen LogP contribution in [-0.4, -0.2) is 120 Å². The Balaban J connectivity index is 0.000000554. The van der Waals surface area contributed by atoms with Crippen LogP contribution in [0.15, 0.2) is 72.9 Å². The number of amides is 4. The predicted molar refractivity (Wildman–Crippen MR) is 210 cm³/mol. The summed E-state index contributed by atoms with van der Waals surface area (Å²) in [7, 11) is -7.33. The first-order valence-corrected chi connectivity index (χ1v) is 20.9. The van der Waals surface area contributed by atoms with Gasteiger partial charge in [0.2, 0.25) is 0 Å². The third-order valence-corrected chi connectivity index (χ3v) is 8.94. The predicted octanol–water partition coefficient (Wildman–Crippen LogP) is 3.31. The third-order valence-electron chi connectivity index (χ3n) is 8.94. The largest absolute Gasteiger partial charge is 0.313 e. The number of nitro groups is 1. The van der Waals surface area contributed by atoms with Gasteiger partial charge in [-0.3, -0.25) is 53.2 Å². The van der Waals surface area contributed by atoms with E-state index in [-0.39, 0.29) is 23.1 Å². The number of aromatic nitrogens is 1. The highest BCUT2D eigenvalue weighted by atomic mass is 32.2. The van der Waals surface area contributed by atoms with E-state index in [1.165, 1.54) is 17.0 Å². The fourth-order valence-corrected chi connectivity index (χ4v) is 6.72. The topological polar surface area (TPSA) is 264 Å². The molecule has 4 N–H and O–H groups in total. The Morgan fingerprint density at radius 1 is 0.684 bits per heavy atom. The van der Waals surface area contributed by atoms with E-state index >= 15 is 0 Å². The van der Waals surface area contributed by atoms with Crippen molar-refractivity contribution in [2.75, 3.05) is 38.7 Å². The zero-order chi connectivity index (χ0) is 42.0. The van der Waals surface area contributed by atoms with Gasteiger partial charge < -0.3 is 10.6 Å². The number of pyridine rings is 1. The number of rotatable bonds is 10. The number of carbonyl (C=O) groups is 4. The molecule has 2 atom stereocenters. The number of hydrogen-bond acceptors (Lipinski definition) is 13. The Bertz CT molecular complexity index is 2640. The Morgan fingerprint density at radius 3 is 1.67 bits per heavy atom. The molecule has 2 aliphatic rings. The van der Waals surface area contributed by atoms with Crippen LogP contribution in [0, 0.1) is 10.1 Å². The molecule has 0 saturated carbocycles. The molecule has 0 unspecified atom stereocenters. The molecule has 0 fully saturated rings. The van der Waals surface area contributed by atoms with Crippen molar-refractivity contribution < 1.29 is 50.0 Å². The molecule has 7 rings (SSSR count). The first-order valence-electron chi connectivity index (χ1n) is 17.2. The molecule has 1 aromatic heterocycles. The number of benzene rings is 4. The van der Waals surface area contributed by atoms with Crippen molar-refractivity contribution in [3.8, 4) is 0 Å². The second-order valence-corrected chi connectivity index (χ2v) is 16.3. The zero-order valence-electron chi connectivity index (χ0n) is 31.0. The molecular weight excluding hydrogens is 785 g/mol. The minimum atomic E-state index is -3.67. The maximum absolute atomic E-state index is 13.7. The van der Waals surface area contributed by atoms with Gasteiger partial charge in [0.15, 0.2) is 0 Å². The quantitative estimate of drug-likeness (QED) is 0.0393. The van der Waals surface area contributed by atoms with Gasteiger partial charge in [-0.2, -0.15) is 16.8 Å². The second kappa shape index (κ2) is 16.8. The Kier molecular flexibility index (Phi) is 12.5. The summed E-state index contributed by atoms with van der Waals surface area (Å²) in [5.74, 6) is -1.70. The van der Waals surface area contributed by atoms with E-state index in [0.717, 1.165) is 21.2 Å². The highest BCUT2D eigenvalue weighted by Gasteiger charge is 2.38. The number of nitrogens with one attached hydrogen (secondary N) is 2. The number of nitro benzene ring substituents is 1. The maximum Gasteiger partial charge on any atom is 0.270 e. The van der Waals surface area contributed by atoms with Gasteiger partial charge in [0, 0.05) is 94.8 Å². The third kappa shape index (κ3) is 9.62. The summed E-state index contributed by atoms with van der Waals surface area (Å²) in [6.45, 7) is 5.19. The van der Waals surface area contributed by atoms with Crippen LogP contribution >= 0.6 is 0 Å². The first kappa shape index (κ1) is 42.4. The van der Waals surface area contributed by atoms with E-state index in [0.29, 0.717) is 71.5 Å². The highest BCUT2D eigenvalue weighted by molar-refractivity contribution is 7.85. The van der Waals surface area contributed by atoms with Crippen molar-refractivity contribution in [2.24, 2.45) is 0 Å². The van der Waals surface area contributed by atoms with Crippen molar-refractivity contribution in [3.63, 3.8) is 0 Å². The summed E-state index contributed by atoms with van der Waals surface area (Å²) >= 11 is 0. The summed E-state index contributed by atoms with van der Waals surface area (Å²) in [5.41, 5.74) is 1.96. The molecule has 18 nitrogen and oxygen atoms in total. The van der Waals surface area contributed by atoms with Crippen molar-refractivity contribution >= 4 is 82.0 Å². The van der Waals surface area contributed by atoms with Gasteiger partial charge in [-0.05, 0) is 43.5 Å². The number of fused-ring (bicyclic) bond motifs is 2. The van der Waals surface area contributed by atoms with Crippen molar-refractivity contribution in [1.82, 2.24) is 25.4 Å². The molecule has 0 radical (unpaired) electrons. The van der Waals surface area contributed by atoms with E-state index in [4.69, 9.17) is 9.11 Å². The average molecular weight is 823 g/mol. The van der Waals surface area contributed by atoms with Crippen LogP contribution in [0.5, 0.6) is 0 Å². The summed E-state index contributed by atoms with van der Waals surface area (Å²) in [6.07, 6.45) is 3.13. The van der Waals surface area contributed by atoms with E-state index < -0.39 is 49.1 Å². The second-order valence-electron chi connectivity index (χ2n) is 13.4. The Labute approximate surface area is 326 Å². The summed E-state index contributed by atoms with van der Waals surface area (Å²) in [5, 5.41) is 21.2. The lowest BCUT2D eigenvalue weighted by Gasteiger charge is -2.32. The van der Waals surface area contributed by atoms with Gasteiger partial charge in [0.25, 0.3) is 49.6 Å². The van der Waals surface area contributed by atoms with Gasteiger partial charge in [0.05, 0.1) is 28.5 Å². The monoisotopic (exact) mass is 822 g/mol. The maximum atomic E-state index is 13.7. The molecular formula is C37H38N6O12S2. The highest BCUT2D eigenvalue weighted by Crippen LogP contribution is 2.36. The fourth-order valence-electron chi connectivity index (χ4n) is 6.72. The number of carbonyl (C=O) groups excluding carboxylic acids is 4. The van der Waals surface area contributed by atoms with Crippen LogP contribution in [0.2, 0.25) is 0 Å². The van der Waals surface area contributed by atoms with Crippen molar-refractivity contribution in [3.05, 3.63) is 105 Å². The summed E-state index contributed by atoms with van der Waals surface area (Å²) in [6, 6.07) is 17.5. The number of non-ortho nitro benzene ring substituents is 1. The van der Waals surface area contributed by atoms with Crippen LogP contribution in [0.4, 0.5) is 5.69 Å². The Morgan fingerprint density at radius 2 is 1.14 bits per heavy atom. The molecule has 5 aromatic rings. The number of hydrogen-bond donors (Lipinski definition) is 4. The SMILES string of the molecule is CS(=O)(=O)O.CS(=O)(=O)O.C[C@H](CNCCNC[C@@H](C)N1C(=O)c2cccc3c2c(cc2cccnc23)C1=O)N1C(=O)c2cccc3cc([N+](=O)[O-])cc(c23)C1=O. The molecule has 2 aliphatic heterocycles. The molecule has 0 spiro atoms. The minimum absolute atomic E-state index is 0.137. The number of nitrogens with zero attached hydrogens (tertiary/aromatic N) is 4. The summed E-state index contributed by atoms with van der Waals surface area (Å²) < 4.78 is 51.7. The van der Waals surface area contributed by atoms with Crippen molar-refractivity contribution in [2.45, 2.75) is 25.9 Å². The lowest BCUT2D eigenvalue weighted by molar-refractivity contribution is -0.384. The lowest BCUT2D eigenvalue weighted by atomic mass is 9.91. The molecule has 4 amide bonds. The van der Waals surface area contributed by atoms with Crippen LogP contribution < -0.4 is 10.6 Å². The smallest absolute Gasteiger partial charge is 0.270 e. The van der Waals surface area contributed by atoms with E-state index in [2.05, 4.69) is 15.6 Å². The molecule has 4 aromatic carbocycles. The van der Waals surface area contributed by atoms with Gasteiger partial charge in [-0.25, -0.2) is 0 Å². The molecule has 57 heavy (non-hydrogen) atoms. The van der Waals surface area contributed by atoms with E-state index in [1.807, 2.05) is 31.2 Å². The standard InChI is InChI=1S/C35H30N6O6.2CH4O3S/c1-19(39-32(42)25-9-3-6-21-14-23(41(46)47)16-28(29(21)25)35(39)45)17-36-12-13-37-18-20(2)40-33(43)26-10-4-8-24-30(26)27(34(40)44)15-22-7-5-11-38-31(22)24;2*1-5(2,3)4/h3-11,14-16,19-20,36-37H,12-13,17-18H2,1-2H3;2*1H3,(H,2,3,4)/t19-,20-;;/m1../s1. The first-order chi connectivity index (χ1) is 26.7. The van der Waals surface area contributed by atoms with Crippen LogP contribution in [0.3, 0.4) is 0 Å². The van der Waals surface area contributed by atoms with Crippen LogP contribution in [0.1, 0.15) is 55.3 Å². The zero-order valence-corrected chi connectivity index (χ0v) is 32.6. The lowest BCUT2D eigenvalue weighted by Crippen LogP contribution is -2.51. The van der Waals surface area contributed by atoms with Crippen LogP contribution in [0.25, 0.3) is 32.4 Å². The van der Waals surface area contributed by atoms with Gasteiger partial charge in [0.1, 0.15) is 0 Å². The van der Waals surface area contributed by atoms with E-state index in [9.17, 15) is 46.1 Å². The average Bonchev–Trinajstić information content (AvgIpc) is 3.12. The van der Waals surface area contributed by atoms with Gasteiger partial charge in [-0.1, -0.05) is 30.3 Å². The fraction of sp³-hybridized carbons (Fsp3) is 0.270. The Hall–Kier alpha value is -5.77. The molecule has 300 valence electrons. The van der Waals surface area contributed by atoms with Gasteiger partial charge in [-0.15, -0.1) is 0 Å². The van der Waals surface area contributed by atoms with Crippen LogP contribution in [-0.2, 0) is 20.2 Å². The normalized spacial score (nSPS) is 14.9. The summed E-state index contributed by atoms with van der Waals surface area (Å²) in [4.78, 5) is 71.8. The number of imide groups is 2. The van der Waals surface area contributed by atoms with Crippen molar-refractivity contribution in [1.29, 1.82) is 0 Å². The van der Waals surface area contributed by atoms with E-state index in [1.54, 1.807) is 43.5 Å². The van der Waals surface area contributed by atoms with Gasteiger partial charge >= 0.3 is 0 Å². The minimum Gasteiger partial charge on any atom is -0.313 e. The molecule has 0 aliphatic carbocycles.